The molecule has 0 spiro atoms. The normalized spacial score (nSPS) is 11.6. The molecule has 1 aromatic rings. The van der Waals surface area contributed by atoms with Gasteiger partial charge in [0.2, 0.25) is 0 Å². The Bertz CT molecular complexity index is 427. The molecule has 0 atom stereocenters. The van der Waals surface area contributed by atoms with Gasteiger partial charge in [0, 0.05) is 16.4 Å². The molecule has 0 bridgehead atoms. The lowest BCUT2D eigenvalue weighted by Gasteiger charge is -2.04. The monoisotopic (exact) mass is 260 g/mol. The van der Waals surface area contributed by atoms with Crippen molar-refractivity contribution < 1.29 is 13.5 Å². The number of para-hydroxylation sites is 1. The first-order chi connectivity index (χ1) is 7.55. The van der Waals surface area contributed by atoms with E-state index in [1.54, 1.807) is 18.2 Å². The zero-order valence-corrected chi connectivity index (χ0v) is 10.9. The summed E-state index contributed by atoms with van der Waals surface area (Å²) < 4.78 is 22.9. The Morgan fingerprint density at radius 3 is 2.56 bits per heavy atom. The molecule has 1 N–H and O–H groups in total. The maximum atomic E-state index is 11.4. The minimum atomic E-state index is -2.92. The fourth-order valence-electron chi connectivity index (χ4n) is 1.27. The molecule has 0 aliphatic rings. The van der Waals surface area contributed by atoms with E-state index in [9.17, 15) is 13.5 Å². The van der Waals surface area contributed by atoms with Crippen LogP contribution in [0.1, 0.15) is 13.3 Å². The van der Waals surface area contributed by atoms with Crippen LogP contribution >= 0.6 is 11.8 Å². The first-order valence-electron chi connectivity index (χ1n) is 5.16. The topological polar surface area (TPSA) is 54.4 Å². The van der Waals surface area contributed by atoms with Gasteiger partial charge in [-0.2, -0.15) is 0 Å². The summed E-state index contributed by atoms with van der Waals surface area (Å²) in [5.74, 6) is 1.11. The number of hydrogen-bond acceptors (Lipinski definition) is 4. The number of rotatable bonds is 6. The van der Waals surface area contributed by atoms with Crippen molar-refractivity contribution in [1.29, 1.82) is 0 Å². The van der Waals surface area contributed by atoms with Gasteiger partial charge in [0.25, 0.3) is 0 Å². The average molecular weight is 260 g/mol. The molecule has 90 valence electrons. The minimum absolute atomic E-state index is 0.167. The van der Waals surface area contributed by atoms with Crippen LogP contribution in [-0.4, -0.2) is 30.8 Å². The van der Waals surface area contributed by atoms with Gasteiger partial charge in [-0.25, -0.2) is 8.42 Å². The molecule has 1 rings (SSSR count). The summed E-state index contributed by atoms with van der Waals surface area (Å²) in [5, 5.41) is 9.47. The van der Waals surface area contributed by atoms with Crippen LogP contribution in [0.4, 0.5) is 0 Å². The largest absolute Gasteiger partial charge is 0.507 e. The third-order valence-electron chi connectivity index (χ3n) is 2.03. The number of aromatic hydroxyl groups is 1. The van der Waals surface area contributed by atoms with Crippen molar-refractivity contribution in [2.45, 2.75) is 18.2 Å². The highest BCUT2D eigenvalue weighted by Crippen LogP contribution is 2.27. The number of phenols is 1. The second-order valence-corrected chi connectivity index (χ2v) is 6.91. The highest BCUT2D eigenvalue weighted by Gasteiger charge is 2.09. The number of phenolic OH excluding ortho intramolecular Hbond substituents is 1. The standard InChI is InChI=1S/C11H16O3S2/c1-2-8-16(13,14)9-7-15-11-6-4-3-5-10(11)12/h3-6,12H,2,7-9H2,1H3. The van der Waals surface area contributed by atoms with Crippen molar-refractivity contribution in [3.05, 3.63) is 24.3 Å². The first-order valence-corrected chi connectivity index (χ1v) is 7.97. The summed E-state index contributed by atoms with van der Waals surface area (Å²) in [6, 6.07) is 6.95. The van der Waals surface area contributed by atoms with E-state index < -0.39 is 9.84 Å². The van der Waals surface area contributed by atoms with E-state index in [1.165, 1.54) is 11.8 Å². The predicted molar refractivity (Wildman–Crippen MR) is 67.8 cm³/mol. The van der Waals surface area contributed by atoms with Gasteiger partial charge < -0.3 is 5.11 Å². The lowest BCUT2D eigenvalue weighted by molar-refractivity contribution is 0.462. The van der Waals surface area contributed by atoms with Gasteiger partial charge in [0.05, 0.1) is 5.75 Å². The van der Waals surface area contributed by atoms with Crippen molar-refractivity contribution in [1.82, 2.24) is 0 Å². The molecule has 0 unspecified atom stereocenters. The maximum absolute atomic E-state index is 11.4. The number of benzene rings is 1. The summed E-state index contributed by atoms with van der Waals surface area (Å²) in [5.41, 5.74) is 0. The Morgan fingerprint density at radius 1 is 1.25 bits per heavy atom. The molecule has 0 saturated carbocycles. The van der Waals surface area contributed by atoms with Crippen LogP contribution in [0.3, 0.4) is 0 Å². The first kappa shape index (κ1) is 13.4. The molecule has 5 heteroatoms. The Hall–Kier alpha value is -0.680. The average Bonchev–Trinajstić information content (AvgIpc) is 2.20. The quantitative estimate of drug-likeness (QED) is 0.797. The van der Waals surface area contributed by atoms with Gasteiger partial charge in [0.1, 0.15) is 5.75 Å². The van der Waals surface area contributed by atoms with Crippen LogP contribution in [0.25, 0.3) is 0 Å². The molecular formula is C11H16O3S2. The summed E-state index contributed by atoms with van der Waals surface area (Å²) in [6.45, 7) is 1.85. The van der Waals surface area contributed by atoms with Gasteiger partial charge in [-0.1, -0.05) is 19.1 Å². The number of sulfone groups is 1. The van der Waals surface area contributed by atoms with Crippen LogP contribution in [0, 0.1) is 0 Å². The third kappa shape index (κ3) is 4.45. The lowest BCUT2D eigenvalue weighted by Crippen LogP contribution is -2.12. The molecule has 0 aliphatic heterocycles. The van der Waals surface area contributed by atoms with Gasteiger partial charge in [0.15, 0.2) is 9.84 Å². The molecule has 0 aliphatic carbocycles. The smallest absolute Gasteiger partial charge is 0.151 e. The molecule has 0 amide bonds. The third-order valence-corrected chi connectivity index (χ3v) is 5.21. The van der Waals surface area contributed by atoms with Crippen molar-refractivity contribution in [2.24, 2.45) is 0 Å². The fraction of sp³-hybridized carbons (Fsp3) is 0.455. The van der Waals surface area contributed by atoms with Crippen molar-refractivity contribution in [2.75, 3.05) is 17.3 Å². The van der Waals surface area contributed by atoms with E-state index in [-0.39, 0.29) is 17.3 Å². The van der Waals surface area contributed by atoms with Crippen LogP contribution in [0.5, 0.6) is 5.75 Å². The van der Waals surface area contributed by atoms with Crippen LogP contribution in [0.2, 0.25) is 0 Å². The van der Waals surface area contributed by atoms with Crippen molar-refractivity contribution in [3.8, 4) is 5.75 Å². The van der Waals surface area contributed by atoms with Gasteiger partial charge in [-0.05, 0) is 18.6 Å². The molecule has 0 saturated heterocycles. The maximum Gasteiger partial charge on any atom is 0.151 e. The van der Waals surface area contributed by atoms with E-state index in [0.29, 0.717) is 12.2 Å². The zero-order valence-electron chi connectivity index (χ0n) is 9.22. The van der Waals surface area contributed by atoms with E-state index in [0.717, 1.165) is 4.90 Å². The SMILES string of the molecule is CCCS(=O)(=O)CCSc1ccccc1O. The summed E-state index contributed by atoms with van der Waals surface area (Å²) >= 11 is 1.37. The molecule has 1 aromatic carbocycles. The highest BCUT2D eigenvalue weighted by molar-refractivity contribution is 8.00. The molecule has 0 fully saturated rings. The van der Waals surface area contributed by atoms with Crippen LogP contribution in [0.15, 0.2) is 29.2 Å². The number of thioether (sulfide) groups is 1. The van der Waals surface area contributed by atoms with Gasteiger partial charge >= 0.3 is 0 Å². The van der Waals surface area contributed by atoms with Crippen LogP contribution < -0.4 is 0 Å². The number of hydrogen-bond donors (Lipinski definition) is 1. The second-order valence-electron chi connectivity index (χ2n) is 3.47. The minimum Gasteiger partial charge on any atom is -0.507 e. The Kier molecular flexibility index (Phi) is 5.15. The van der Waals surface area contributed by atoms with Crippen molar-refractivity contribution >= 4 is 21.6 Å². The van der Waals surface area contributed by atoms with E-state index in [2.05, 4.69) is 0 Å². The zero-order chi connectivity index (χ0) is 12.0. The second kappa shape index (κ2) is 6.15. The van der Waals surface area contributed by atoms with Gasteiger partial charge in [-0.3, -0.25) is 0 Å². The molecule has 0 radical (unpaired) electrons. The Balaban J connectivity index is 2.45. The molecule has 16 heavy (non-hydrogen) atoms. The van der Waals surface area contributed by atoms with Crippen LogP contribution in [-0.2, 0) is 9.84 Å². The molecule has 0 heterocycles. The molecular weight excluding hydrogens is 244 g/mol. The lowest BCUT2D eigenvalue weighted by atomic mass is 10.3. The highest BCUT2D eigenvalue weighted by atomic mass is 32.2. The fourth-order valence-corrected chi connectivity index (χ4v) is 4.06. The van der Waals surface area contributed by atoms with E-state index >= 15 is 0 Å². The van der Waals surface area contributed by atoms with E-state index in [1.807, 2.05) is 13.0 Å². The molecule has 0 aromatic heterocycles. The predicted octanol–water partition coefficient (Wildman–Crippen LogP) is 2.31. The molecule has 3 nitrogen and oxygen atoms in total. The Labute approximate surface area is 101 Å². The summed E-state index contributed by atoms with van der Waals surface area (Å²) in [4.78, 5) is 0.731. The Morgan fingerprint density at radius 2 is 1.94 bits per heavy atom. The van der Waals surface area contributed by atoms with Crippen molar-refractivity contribution in [3.63, 3.8) is 0 Å². The van der Waals surface area contributed by atoms with Gasteiger partial charge in [-0.15, -0.1) is 11.8 Å². The van der Waals surface area contributed by atoms with E-state index in [4.69, 9.17) is 0 Å². The summed E-state index contributed by atoms with van der Waals surface area (Å²) in [6.07, 6.45) is 0.656. The summed E-state index contributed by atoms with van der Waals surface area (Å²) in [7, 11) is -2.92.